The van der Waals surface area contributed by atoms with Gasteiger partial charge in [0.2, 0.25) is 5.91 Å². The molecular formula is C18H20N2O2. The first kappa shape index (κ1) is 14.6. The number of rotatable bonds is 4. The number of hydrogen-bond donors (Lipinski definition) is 1. The van der Waals surface area contributed by atoms with Crippen LogP contribution in [-0.4, -0.2) is 26.2 Å². The van der Waals surface area contributed by atoms with Crippen LogP contribution in [0.3, 0.4) is 0 Å². The van der Waals surface area contributed by atoms with E-state index in [4.69, 9.17) is 4.74 Å². The van der Waals surface area contributed by atoms with Crippen LogP contribution in [0.1, 0.15) is 6.42 Å². The van der Waals surface area contributed by atoms with E-state index >= 15 is 0 Å². The normalized spacial score (nSPS) is 17.2. The Kier molecular flexibility index (Phi) is 4.39. The first-order valence-corrected chi connectivity index (χ1v) is 7.52. The highest BCUT2D eigenvalue weighted by Crippen LogP contribution is 2.31. The molecule has 0 spiro atoms. The molecule has 2 aromatic carbocycles. The van der Waals surface area contributed by atoms with Crippen LogP contribution in [0.15, 0.2) is 54.6 Å². The van der Waals surface area contributed by atoms with E-state index in [9.17, 15) is 4.79 Å². The van der Waals surface area contributed by atoms with Crippen molar-refractivity contribution in [2.45, 2.75) is 6.42 Å². The summed E-state index contributed by atoms with van der Waals surface area (Å²) < 4.78 is 5.29. The molecule has 1 atom stereocenters. The summed E-state index contributed by atoms with van der Waals surface area (Å²) in [5.74, 6) is -0.0125. The molecule has 1 aliphatic rings. The Bertz CT molecular complexity index is 637. The average molecular weight is 296 g/mol. The molecule has 1 saturated heterocycles. The lowest BCUT2D eigenvalue weighted by atomic mass is 10.1. The maximum atomic E-state index is 12.3. The van der Waals surface area contributed by atoms with Crippen molar-refractivity contribution in [3.05, 3.63) is 54.6 Å². The lowest BCUT2D eigenvalue weighted by Crippen LogP contribution is -2.24. The minimum Gasteiger partial charge on any atom is -0.381 e. The number of carbonyl (C=O) groups excluding carboxylic acids is 1. The quantitative estimate of drug-likeness (QED) is 0.940. The molecule has 1 N–H and O–H groups in total. The van der Waals surface area contributed by atoms with Crippen LogP contribution in [0, 0.1) is 5.92 Å². The number of ether oxygens (including phenoxy) is 1. The molecule has 4 heteroatoms. The number of benzene rings is 2. The van der Waals surface area contributed by atoms with Crippen molar-refractivity contribution in [2.24, 2.45) is 5.92 Å². The number of nitrogens with zero attached hydrogens (tertiary/aromatic N) is 1. The predicted molar refractivity (Wildman–Crippen MR) is 88.5 cm³/mol. The van der Waals surface area contributed by atoms with E-state index in [1.165, 1.54) is 0 Å². The van der Waals surface area contributed by atoms with E-state index < -0.39 is 0 Å². The lowest BCUT2D eigenvalue weighted by Gasteiger charge is -2.23. The smallest absolute Gasteiger partial charge is 0.229 e. The summed E-state index contributed by atoms with van der Waals surface area (Å²) in [4.78, 5) is 14.4. The fraction of sp³-hybridized carbons (Fsp3) is 0.278. The standard InChI is InChI=1S/C18H20N2O2/c1-20(15-7-3-2-4-8-15)17-10-6-5-9-16(17)19-18(21)14-11-12-22-13-14/h2-10,14H,11-13H2,1H3,(H,19,21)/t14-/m0/s1. The SMILES string of the molecule is CN(c1ccccc1)c1ccccc1NC(=O)[C@H]1CCOC1. The molecule has 0 unspecified atom stereocenters. The van der Waals surface area contributed by atoms with E-state index in [0.29, 0.717) is 13.2 Å². The summed E-state index contributed by atoms with van der Waals surface area (Å²) in [5, 5.41) is 3.04. The molecule has 1 fully saturated rings. The van der Waals surface area contributed by atoms with Crippen molar-refractivity contribution in [3.8, 4) is 0 Å². The third-order valence-electron chi connectivity index (χ3n) is 3.97. The molecule has 0 aromatic heterocycles. The Labute approximate surface area is 130 Å². The Morgan fingerprint density at radius 2 is 1.86 bits per heavy atom. The minimum atomic E-state index is -0.0462. The van der Waals surface area contributed by atoms with Gasteiger partial charge in [0, 0.05) is 19.3 Å². The number of hydrogen-bond acceptors (Lipinski definition) is 3. The average Bonchev–Trinajstić information content (AvgIpc) is 3.10. The van der Waals surface area contributed by atoms with Crippen molar-refractivity contribution < 1.29 is 9.53 Å². The lowest BCUT2D eigenvalue weighted by molar-refractivity contribution is -0.119. The van der Waals surface area contributed by atoms with E-state index in [0.717, 1.165) is 23.5 Å². The molecule has 2 aromatic rings. The number of nitrogens with one attached hydrogen (secondary N) is 1. The highest BCUT2D eigenvalue weighted by atomic mass is 16.5. The van der Waals surface area contributed by atoms with E-state index in [-0.39, 0.29) is 11.8 Å². The van der Waals surface area contributed by atoms with Crippen LogP contribution in [0.2, 0.25) is 0 Å². The summed E-state index contributed by atoms with van der Waals surface area (Å²) >= 11 is 0. The van der Waals surface area contributed by atoms with Crippen LogP contribution in [0.25, 0.3) is 0 Å². The van der Waals surface area contributed by atoms with Gasteiger partial charge in [-0.1, -0.05) is 30.3 Å². The van der Waals surface area contributed by atoms with Crippen LogP contribution in [-0.2, 0) is 9.53 Å². The number of anilines is 3. The van der Waals surface area contributed by atoms with Gasteiger partial charge in [-0.25, -0.2) is 0 Å². The summed E-state index contributed by atoms with van der Waals surface area (Å²) in [6, 6.07) is 17.9. The van der Waals surface area contributed by atoms with Gasteiger partial charge in [-0.3, -0.25) is 4.79 Å². The Morgan fingerprint density at radius 3 is 2.59 bits per heavy atom. The number of carbonyl (C=O) groups is 1. The van der Waals surface area contributed by atoms with Crippen molar-refractivity contribution in [2.75, 3.05) is 30.5 Å². The minimum absolute atomic E-state index is 0.0337. The van der Waals surface area contributed by atoms with Crippen LogP contribution in [0.4, 0.5) is 17.1 Å². The first-order valence-electron chi connectivity index (χ1n) is 7.52. The molecule has 1 amide bonds. The molecule has 4 nitrogen and oxygen atoms in total. The number of amides is 1. The van der Waals surface area contributed by atoms with Gasteiger partial charge in [0.05, 0.1) is 23.9 Å². The van der Waals surface area contributed by atoms with Crippen LogP contribution in [0.5, 0.6) is 0 Å². The molecule has 0 bridgehead atoms. The van der Waals surface area contributed by atoms with Crippen LogP contribution < -0.4 is 10.2 Å². The summed E-state index contributed by atoms with van der Waals surface area (Å²) in [6.45, 7) is 1.19. The Morgan fingerprint density at radius 1 is 1.14 bits per heavy atom. The summed E-state index contributed by atoms with van der Waals surface area (Å²) in [7, 11) is 2.00. The molecular weight excluding hydrogens is 276 g/mol. The Balaban J connectivity index is 1.82. The van der Waals surface area contributed by atoms with Gasteiger partial charge in [-0.2, -0.15) is 0 Å². The zero-order valence-electron chi connectivity index (χ0n) is 12.7. The molecule has 0 aliphatic carbocycles. The van der Waals surface area contributed by atoms with Crippen molar-refractivity contribution in [1.29, 1.82) is 0 Å². The molecule has 114 valence electrons. The number of para-hydroxylation sites is 3. The zero-order valence-corrected chi connectivity index (χ0v) is 12.7. The third-order valence-corrected chi connectivity index (χ3v) is 3.97. The molecule has 1 heterocycles. The van der Waals surface area contributed by atoms with E-state index in [2.05, 4.69) is 10.2 Å². The van der Waals surface area contributed by atoms with Crippen molar-refractivity contribution in [1.82, 2.24) is 0 Å². The maximum absolute atomic E-state index is 12.3. The van der Waals surface area contributed by atoms with Gasteiger partial charge < -0.3 is 15.0 Å². The summed E-state index contributed by atoms with van der Waals surface area (Å²) in [5.41, 5.74) is 2.88. The van der Waals surface area contributed by atoms with Gasteiger partial charge >= 0.3 is 0 Å². The van der Waals surface area contributed by atoms with Gasteiger partial charge in [-0.15, -0.1) is 0 Å². The van der Waals surface area contributed by atoms with E-state index in [1.54, 1.807) is 0 Å². The molecule has 1 aliphatic heterocycles. The van der Waals surface area contributed by atoms with Gasteiger partial charge in [0.1, 0.15) is 0 Å². The fourth-order valence-corrected chi connectivity index (χ4v) is 2.64. The topological polar surface area (TPSA) is 41.6 Å². The van der Waals surface area contributed by atoms with Crippen LogP contribution >= 0.6 is 0 Å². The highest BCUT2D eigenvalue weighted by Gasteiger charge is 2.24. The fourth-order valence-electron chi connectivity index (χ4n) is 2.64. The van der Waals surface area contributed by atoms with E-state index in [1.807, 2.05) is 61.6 Å². The first-order chi connectivity index (χ1) is 10.8. The predicted octanol–water partition coefficient (Wildman–Crippen LogP) is 3.43. The van der Waals surface area contributed by atoms with Gasteiger partial charge in [0.15, 0.2) is 0 Å². The van der Waals surface area contributed by atoms with Gasteiger partial charge in [0.25, 0.3) is 0 Å². The third kappa shape index (κ3) is 3.12. The second-order valence-electron chi connectivity index (χ2n) is 5.46. The molecule has 0 radical (unpaired) electrons. The van der Waals surface area contributed by atoms with Crippen molar-refractivity contribution in [3.63, 3.8) is 0 Å². The largest absolute Gasteiger partial charge is 0.381 e. The highest BCUT2D eigenvalue weighted by molar-refractivity contribution is 5.96. The zero-order chi connectivity index (χ0) is 15.4. The molecule has 22 heavy (non-hydrogen) atoms. The summed E-state index contributed by atoms with van der Waals surface area (Å²) in [6.07, 6.45) is 0.794. The second kappa shape index (κ2) is 6.62. The monoisotopic (exact) mass is 296 g/mol. The second-order valence-corrected chi connectivity index (χ2v) is 5.46. The maximum Gasteiger partial charge on any atom is 0.229 e. The Hall–Kier alpha value is -2.33. The molecule has 3 rings (SSSR count). The molecule has 0 saturated carbocycles. The van der Waals surface area contributed by atoms with Gasteiger partial charge in [-0.05, 0) is 30.7 Å². The van der Waals surface area contributed by atoms with Crippen molar-refractivity contribution >= 4 is 23.0 Å².